The van der Waals surface area contributed by atoms with E-state index in [0.717, 1.165) is 31.7 Å². The lowest BCUT2D eigenvalue weighted by atomic mass is 10.1. The standard InChI is InChI=1S/C22H28N2O4.ClH/c1-2-26-21-16-17(22(25)24-18-10-12-23-13-11-18)8-9-20(21)28-15-14-27-19-6-4-3-5-7-19;/h3-9,16,18,23H,2,10-15H2,1H3,(H,24,25);1H. The number of hydrogen-bond acceptors (Lipinski definition) is 5. The topological polar surface area (TPSA) is 68.8 Å². The van der Waals surface area contributed by atoms with Crippen LogP contribution in [0.25, 0.3) is 0 Å². The Bertz CT molecular complexity index is 752. The van der Waals surface area contributed by atoms with Crippen LogP contribution in [0.2, 0.25) is 0 Å². The Kier molecular flexibility index (Phi) is 9.60. The smallest absolute Gasteiger partial charge is 0.251 e. The summed E-state index contributed by atoms with van der Waals surface area (Å²) in [7, 11) is 0. The summed E-state index contributed by atoms with van der Waals surface area (Å²) < 4.78 is 17.1. The number of rotatable bonds is 9. The number of carbonyl (C=O) groups is 1. The van der Waals surface area contributed by atoms with Crippen LogP contribution in [0.5, 0.6) is 17.2 Å². The molecule has 3 rings (SSSR count). The van der Waals surface area contributed by atoms with Crippen molar-refractivity contribution in [2.75, 3.05) is 32.9 Å². The number of halogens is 1. The highest BCUT2D eigenvalue weighted by Crippen LogP contribution is 2.28. The van der Waals surface area contributed by atoms with Crippen molar-refractivity contribution in [1.82, 2.24) is 10.6 Å². The van der Waals surface area contributed by atoms with Crippen LogP contribution in [0, 0.1) is 0 Å². The van der Waals surface area contributed by atoms with Crippen LogP contribution in [0.1, 0.15) is 30.1 Å². The number of benzene rings is 2. The maximum Gasteiger partial charge on any atom is 0.251 e. The third-order valence-electron chi connectivity index (χ3n) is 4.53. The van der Waals surface area contributed by atoms with Gasteiger partial charge in [0.1, 0.15) is 19.0 Å². The van der Waals surface area contributed by atoms with Crippen LogP contribution in [0.3, 0.4) is 0 Å². The molecule has 1 fully saturated rings. The molecule has 29 heavy (non-hydrogen) atoms. The third kappa shape index (κ3) is 7.15. The van der Waals surface area contributed by atoms with Crippen molar-refractivity contribution in [3.05, 3.63) is 54.1 Å². The Balaban J connectivity index is 0.00000300. The van der Waals surface area contributed by atoms with Crippen LogP contribution in [-0.2, 0) is 0 Å². The monoisotopic (exact) mass is 420 g/mol. The molecule has 0 aliphatic carbocycles. The van der Waals surface area contributed by atoms with E-state index in [2.05, 4.69) is 10.6 Å². The molecule has 0 aromatic heterocycles. The molecule has 2 aromatic carbocycles. The van der Waals surface area contributed by atoms with E-state index in [1.807, 2.05) is 37.3 Å². The van der Waals surface area contributed by atoms with Gasteiger partial charge in [-0.15, -0.1) is 12.4 Å². The van der Waals surface area contributed by atoms with Crippen LogP contribution < -0.4 is 24.8 Å². The van der Waals surface area contributed by atoms with Gasteiger partial charge in [-0.2, -0.15) is 0 Å². The number of carbonyl (C=O) groups excluding carboxylic acids is 1. The lowest BCUT2D eigenvalue weighted by Gasteiger charge is -2.23. The summed E-state index contributed by atoms with van der Waals surface area (Å²) in [6.07, 6.45) is 1.90. The Morgan fingerprint density at radius 3 is 2.45 bits per heavy atom. The van der Waals surface area contributed by atoms with Crippen LogP contribution in [-0.4, -0.2) is 44.9 Å². The number of amides is 1. The second-order valence-electron chi connectivity index (χ2n) is 6.60. The summed E-state index contributed by atoms with van der Waals surface area (Å²) in [6.45, 7) is 5.09. The largest absolute Gasteiger partial charge is 0.490 e. The van der Waals surface area contributed by atoms with E-state index in [1.165, 1.54) is 0 Å². The predicted octanol–water partition coefficient (Wildman–Crippen LogP) is 3.45. The summed E-state index contributed by atoms with van der Waals surface area (Å²) in [5.41, 5.74) is 0.579. The van der Waals surface area contributed by atoms with Crippen molar-refractivity contribution in [3.8, 4) is 17.2 Å². The zero-order chi connectivity index (χ0) is 19.6. The van der Waals surface area contributed by atoms with Gasteiger partial charge in [0.2, 0.25) is 0 Å². The van der Waals surface area contributed by atoms with Gasteiger partial charge in [-0.05, 0) is 63.2 Å². The number of hydrogen-bond donors (Lipinski definition) is 2. The first-order valence-electron chi connectivity index (χ1n) is 9.85. The fourth-order valence-corrected chi connectivity index (χ4v) is 3.10. The van der Waals surface area contributed by atoms with Gasteiger partial charge in [0.15, 0.2) is 11.5 Å². The molecule has 158 valence electrons. The lowest BCUT2D eigenvalue weighted by Crippen LogP contribution is -2.42. The Hall–Kier alpha value is -2.44. The fraction of sp³-hybridized carbons (Fsp3) is 0.409. The van der Waals surface area contributed by atoms with E-state index >= 15 is 0 Å². The van der Waals surface area contributed by atoms with Crippen LogP contribution in [0.15, 0.2) is 48.5 Å². The summed E-state index contributed by atoms with van der Waals surface area (Å²) in [6, 6.07) is 15.1. The zero-order valence-electron chi connectivity index (χ0n) is 16.7. The molecular weight excluding hydrogens is 392 g/mol. The first-order chi connectivity index (χ1) is 13.8. The molecule has 1 amide bonds. The van der Waals surface area contributed by atoms with Crippen molar-refractivity contribution in [3.63, 3.8) is 0 Å². The minimum Gasteiger partial charge on any atom is -0.490 e. The van der Waals surface area contributed by atoms with Gasteiger partial charge in [0, 0.05) is 11.6 Å². The van der Waals surface area contributed by atoms with Crippen molar-refractivity contribution >= 4 is 18.3 Å². The van der Waals surface area contributed by atoms with Crippen molar-refractivity contribution in [2.24, 2.45) is 0 Å². The molecule has 1 heterocycles. The maximum atomic E-state index is 12.6. The molecule has 0 atom stereocenters. The van der Waals surface area contributed by atoms with E-state index < -0.39 is 0 Å². The second-order valence-corrected chi connectivity index (χ2v) is 6.60. The molecule has 1 aliphatic heterocycles. The van der Waals surface area contributed by atoms with E-state index in [0.29, 0.717) is 36.9 Å². The number of piperidine rings is 1. The molecule has 2 N–H and O–H groups in total. The summed E-state index contributed by atoms with van der Waals surface area (Å²) in [5.74, 6) is 1.91. The SMILES string of the molecule is CCOc1cc(C(=O)NC2CCNCC2)ccc1OCCOc1ccccc1.Cl. The van der Waals surface area contributed by atoms with Crippen LogP contribution in [0.4, 0.5) is 0 Å². The quantitative estimate of drug-likeness (QED) is 0.608. The number of ether oxygens (including phenoxy) is 3. The average Bonchev–Trinajstić information content (AvgIpc) is 2.73. The van der Waals surface area contributed by atoms with E-state index in [-0.39, 0.29) is 24.4 Å². The zero-order valence-corrected chi connectivity index (χ0v) is 17.5. The lowest BCUT2D eigenvalue weighted by molar-refractivity contribution is 0.0929. The number of nitrogens with one attached hydrogen (secondary N) is 2. The average molecular weight is 421 g/mol. The Morgan fingerprint density at radius 2 is 1.72 bits per heavy atom. The van der Waals surface area contributed by atoms with Gasteiger partial charge in [-0.25, -0.2) is 0 Å². The minimum atomic E-state index is -0.0770. The summed E-state index contributed by atoms with van der Waals surface area (Å²) >= 11 is 0. The van der Waals surface area contributed by atoms with Crippen LogP contribution >= 0.6 is 12.4 Å². The van der Waals surface area contributed by atoms with E-state index in [4.69, 9.17) is 14.2 Å². The highest BCUT2D eigenvalue weighted by Gasteiger charge is 2.18. The first kappa shape index (κ1) is 22.8. The van der Waals surface area contributed by atoms with Crippen molar-refractivity contribution in [1.29, 1.82) is 0 Å². The van der Waals surface area contributed by atoms with Gasteiger partial charge in [0.05, 0.1) is 6.61 Å². The summed E-state index contributed by atoms with van der Waals surface area (Å²) in [4.78, 5) is 12.6. The molecule has 0 saturated carbocycles. The highest BCUT2D eigenvalue weighted by molar-refractivity contribution is 5.95. The number of para-hydroxylation sites is 1. The molecule has 0 bridgehead atoms. The molecule has 0 spiro atoms. The van der Waals surface area contributed by atoms with E-state index in [9.17, 15) is 4.79 Å². The highest BCUT2D eigenvalue weighted by atomic mass is 35.5. The predicted molar refractivity (Wildman–Crippen MR) is 116 cm³/mol. The second kappa shape index (κ2) is 12.2. The van der Waals surface area contributed by atoms with Crippen molar-refractivity contribution < 1.29 is 19.0 Å². The normalized spacial score (nSPS) is 13.8. The molecule has 0 unspecified atom stereocenters. The maximum absolute atomic E-state index is 12.6. The molecular formula is C22H29ClN2O4. The molecule has 6 nitrogen and oxygen atoms in total. The Labute approximate surface area is 178 Å². The first-order valence-corrected chi connectivity index (χ1v) is 9.85. The van der Waals surface area contributed by atoms with E-state index in [1.54, 1.807) is 18.2 Å². The minimum absolute atomic E-state index is 0. The summed E-state index contributed by atoms with van der Waals surface area (Å²) in [5, 5.41) is 6.40. The molecule has 0 radical (unpaired) electrons. The van der Waals surface area contributed by atoms with Gasteiger partial charge >= 0.3 is 0 Å². The van der Waals surface area contributed by atoms with Crippen molar-refractivity contribution in [2.45, 2.75) is 25.8 Å². The Morgan fingerprint density at radius 1 is 1.00 bits per heavy atom. The molecule has 1 saturated heterocycles. The molecule has 1 aliphatic rings. The van der Waals surface area contributed by atoms with Gasteiger partial charge in [-0.3, -0.25) is 4.79 Å². The third-order valence-corrected chi connectivity index (χ3v) is 4.53. The van der Waals surface area contributed by atoms with Gasteiger partial charge in [0.25, 0.3) is 5.91 Å². The molecule has 2 aromatic rings. The van der Waals surface area contributed by atoms with Gasteiger partial charge < -0.3 is 24.8 Å². The fourth-order valence-electron chi connectivity index (χ4n) is 3.10. The van der Waals surface area contributed by atoms with Gasteiger partial charge in [-0.1, -0.05) is 18.2 Å². The molecule has 7 heteroatoms.